The number of hydrogen-bond donors (Lipinski definition) is 0. The summed E-state index contributed by atoms with van der Waals surface area (Å²) in [7, 11) is 1.88. The Bertz CT molecular complexity index is 981. The molecule has 0 saturated carbocycles. The summed E-state index contributed by atoms with van der Waals surface area (Å²) in [5.74, 6) is 0.733. The van der Waals surface area contributed by atoms with E-state index in [0.717, 1.165) is 5.82 Å². The molecular weight excluding hydrogens is 338 g/mol. The zero-order valence-electron chi connectivity index (χ0n) is 14.8. The van der Waals surface area contributed by atoms with Crippen LogP contribution in [-0.2, 0) is 13.6 Å². The van der Waals surface area contributed by atoms with Crippen molar-refractivity contribution in [2.45, 2.75) is 27.3 Å². The molecular formula is C17H21N5O2S. The fraction of sp³-hybridized carbons (Fsp3) is 0.412. The molecule has 0 N–H and O–H groups in total. The highest BCUT2D eigenvalue weighted by Gasteiger charge is 2.22. The molecule has 1 amide bonds. The molecule has 3 heterocycles. The topological polar surface area (TPSA) is 73.0 Å². The van der Waals surface area contributed by atoms with Gasteiger partial charge in [-0.2, -0.15) is 0 Å². The minimum atomic E-state index is -0.139. The van der Waals surface area contributed by atoms with E-state index >= 15 is 0 Å². The Labute approximate surface area is 149 Å². The van der Waals surface area contributed by atoms with Gasteiger partial charge < -0.3 is 9.47 Å². The van der Waals surface area contributed by atoms with E-state index in [1.165, 1.54) is 22.2 Å². The number of imidazole rings is 1. The number of thiophene rings is 1. The van der Waals surface area contributed by atoms with E-state index < -0.39 is 0 Å². The smallest absolute Gasteiger partial charge is 0.264 e. The van der Waals surface area contributed by atoms with Gasteiger partial charge in [0, 0.05) is 32.5 Å². The Morgan fingerprint density at radius 2 is 2.00 bits per heavy atom. The first-order chi connectivity index (χ1) is 12.0. The van der Waals surface area contributed by atoms with Crippen molar-refractivity contribution < 1.29 is 4.79 Å². The van der Waals surface area contributed by atoms with E-state index in [0.29, 0.717) is 40.3 Å². The lowest BCUT2D eigenvalue weighted by atomic mass is 10.2. The van der Waals surface area contributed by atoms with Crippen LogP contribution in [-0.4, -0.2) is 43.0 Å². The summed E-state index contributed by atoms with van der Waals surface area (Å²) >= 11 is 1.29. The first-order valence-electron chi connectivity index (χ1n) is 8.21. The number of aromatic nitrogens is 4. The number of aryl methyl sites for hydroxylation is 2. The molecule has 132 valence electrons. The number of fused-ring (bicyclic) bond motifs is 1. The summed E-state index contributed by atoms with van der Waals surface area (Å²) in [6.45, 7) is 7.34. The van der Waals surface area contributed by atoms with Crippen LogP contribution in [0, 0.1) is 6.92 Å². The quantitative estimate of drug-likeness (QED) is 0.699. The van der Waals surface area contributed by atoms with Crippen molar-refractivity contribution in [1.29, 1.82) is 0 Å². The molecule has 25 heavy (non-hydrogen) atoms. The van der Waals surface area contributed by atoms with Crippen molar-refractivity contribution >= 4 is 27.5 Å². The van der Waals surface area contributed by atoms with Gasteiger partial charge in [0.25, 0.3) is 11.5 Å². The zero-order chi connectivity index (χ0) is 18.1. The molecule has 0 aliphatic carbocycles. The number of carbonyl (C=O) groups is 1. The molecule has 3 rings (SSSR count). The Morgan fingerprint density at radius 3 is 2.60 bits per heavy atom. The van der Waals surface area contributed by atoms with Crippen LogP contribution in [0.3, 0.4) is 0 Å². The molecule has 7 nitrogen and oxygen atoms in total. The summed E-state index contributed by atoms with van der Waals surface area (Å²) < 4.78 is 3.41. The van der Waals surface area contributed by atoms with E-state index in [2.05, 4.69) is 9.97 Å². The maximum Gasteiger partial charge on any atom is 0.264 e. The standard InChI is InChI=1S/C17H21N5O2S/c1-5-21(6-2)17(24)14-11(3)13-15(25-14)19-10-22(16(13)23)9-12-18-7-8-20(12)4/h7-8,10H,5-6,9H2,1-4H3. The Kier molecular flexibility index (Phi) is 4.71. The van der Waals surface area contributed by atoms with Crippen LogP contribution in [0.15, 0.2) is 23.5 Å². The van der Waals surface area contributed by atoms with Gasteiger partial charge in [-0.3, -0.25) is 14.2 Å². The van der Waals surface area contributed by atoms with Gasteiger partial charge in [0.1, 0.15) is 10.7 Å². The summed E-state index contributed by atoms with van der Waals surface area (Å²) in [5.41, 5.74) is 0.573. The van der Waals surface area contributed by atoms with Crippen LogP contribution in [0.5, 0.6) is 0 Å². The highest BCUT2D eigenvalue weighted by atomic mass is 32.1. The average molecular weight is 359 g/mol. The number of hydrogen-bond acceptors (Lipinski definition) is 5. The van der Waals surface area contributed by atoms with Gasteiger partial charge in [0.05, 0.1) is 23.1 Å². The van der Waals surface area contributed by atoms with Crippen molar-refractivity contribution in [3.05, 3.63) is 45.3 Å². The molecule has 3 aromatic heterocycles. The Balaban J connectivity index is 2.07. The van der Waals surface area contributed by atoms with Crippen molar-refractivity contribution in [3.63, 3.8) is 0 Å². The molecule has 0 aliphatic rings. The first kappa shape index (κ1) is 17.3. The molecule has 0 atom stereocenters. The van der Waals surface area contributed by atoms with Crippen molar-refractivity contribution in [3.8, 4) is 0 Å². The number of carbonyl (C=O) groups excluding carboxylic acids is 1. The van der Waals surface area contributed by atoms with Crippen molar-refractivity contribution in [2.75, 3.05) is 13.1 Å². The van der Waals surface area contributed by atoms with E-state index in [4.69, 9.17) is 0 Å². The largest absolute Gasteiger partial charge is 0.338 e. The molecule has 0 aliphatic heterocycles. The van der Waals surface area contributed by atoms with Gasteiger partial charge >= 0.3 is 0 Å². The monoisotopic (exact) mass is 359 g/mol. The van der Waals surface area contributed by atoms with Crippen molar-refractivity contribution in [1.82, 2.24) is 24.0 Å². The van der Waals surface area contributed by atoms with Crippen LogP contribution >= 0.6 is 11.3 Å². The molecule has 0 spiro atoms. The van der Waals surface area contributed by atoms with Gasteiger partial charge in [-0.15, -0.1) is 11.3 Å². The third-order valence-corrected chi connectivity index (χ3v) is 5.58. The molecule has 0 radical (unpaired) electrons. The van der Waals surface area contributed by atoms with Crippen LogP contribution < -0.4 is 5.56 Å². The average Bonchev–Trinajstić information content (AvgIpc) is 3.15. The van der Waals surface area contributed by atoms with Crippen LogP contribution in [0.25, 0.3) is 10.2 Å². The first-order valence-corrected chi connectivity index (χ1v) is 9.03. The normalized spacial score (nSPS) is 11.2. The summed E-state index contributed by atoms with van der Waals surface area (Å²) in [6.07, 6.45) is 5.06. The molecule has 0 bridgehead atoms. The lowest BCUT2D eigenvalue weighted by molar-refractivity contribution is 0.0777. The van der Waals surface area contributed by atoms with Gasteiger partial charge in [-0.05, 0) is 26.3 Å². The van der Waals surface area contributed by atoms with Crippen molar-refractivity contribution in [2.24, 2.45) is 7.05 Å². The van der Waals surface area contributed by atoms with Gasteiger partial charge in [0.2, 0.25) is 0 Å². The van der Waals surface area contributed by atoms with Gasteiger partial charge in [-0.1, -0.05) is 0 Å². The van der Waals surface area contributed by atoms with Crippen LogP contribution in [0.1, 0.15) is 34.9 Å². The number of nitrogens with zero attached hydrogens (tertiary/aromatic N) is 5. The maximum atomic E-state index is 12.9. The summed E-state index contributed by atoms with van der Waals surface area (Å²) in [6, 6.07) is 0. The number of amides is 1. The second-order valence-corrected chi connectivity index (χ2v) is 6.84. The summed E-state index contributed by atoms with van der Waals surface area (Å²) in [4.78, 5) is 37.2. The van der Waals surface area contributed by atoms with Crippen LogP contribution in [0.4, 0.5) is 0 Å². The van der Waals surface area contributed by atoms with E-state index in [9.17, 15) is 9.59 Å². The van der Waals surface area contributed by atoms with E-state index in [1.807, 2.05) is 38.6 Å². The summed E-state index contributed by atoms with van der Waals surface area (Å²) in [5, 5.41) is 0.525. The second kappa shape index (κ2) is 6.79. The molecule has 0 saturated heterocycles. The van der Waals surface area contributed by atoms with E-state index in [1.54, 1.807) is 11.1 Å². The van der Waals surface area contributed by atoms with E-state index in [-0.39, 0.29) is 11.5 Å². The molecule has 0 aromatic carbocycles. The SMILES string of the molecule is CCN(CC)C(=O)c1sc2ncn(Cc3nccn3C)c(=O)c2c1C. The third kappa shape index (κ3) is 2.97. The Morgan fingerprint density at radius 1 is 1.28 bits per heavy atom. The fourth-order valence-electron chi connectivity index (χ4n) is 2.83. The number of rotatable bonds is 5. The van der Waals surface area contributed by atoms with Gasteiger partial charge in [0.15, 0.2) is 0 Å². The molecule has 8 heteroatoms. The zero-order valence-corrected chi connectivity index (χ0v) is 15.6. The minimum Gasteiger partial charge on any atom is -0.338 e. The lowest BCUT2D eigenvalue weighted by Gasteiger charge is -2.17. The fourth-order valence-corrected chi connectivity index (χ4v) is 3.94. The highest BCUT2D eigenvalue weighted by molar-refractivity contribution is 7.20. The Hall–Kier alpha value is -2.48. The molecule has 3 aromatic rings. The van der Waals surface area contributed by atoms with Gasteiger partial charge in [-0.25, -0.2) is 9.97 Å². The lowest BCUT2D eigenvalue weighted by Crippen LogP contribution is -2.30. The second-order valence-electron chi connectivity index (χ2n) is 5.85. The highest BCUT2D eigenvalue weighted by Crippen LogP contribution is 2.28. The molecule has 0 unspecified atom stereocenters. The van der Waals surface area contributed by atoms with Crippen LogP contribution in [0.2, 0.25) is 0 Å². The predicted molar refractivity (Wildman–Crippen MR) is 98.2 cm³/mol. The minimum absolute atomic E-state index is 0.0412. The maximum absolute atomic E-state index is 12.9. The predicted octanol–water partition coefficient (Wildman–Crippen LogP) is 2.03. The third-order valence-electron chi connectivity index (χ3n) is 4.39. The molecule has 0 fully saturated rings.